The van der Waals surface area contributed by atoms with Crippen LogP contribution < -0.4 is 15.0 Å². The second-order valence-corrected chi connectivity index (χ2v) is 9.85. The van der Waals surface area contributed by atoms with Crippen molar-refractivity contribution in [1.82, 2.24) is 14.7 Å². The van der Waals surface area contributed by atoms with Gasteiger partial charge in [0, 0.05) is 30.6 Å². The largest absolute Gasteiger partial charge is 0.454 e. The van der Waals surface area contributed by atoms with Gasteiger partial charge >= 0.3 is 0 Å². The molecule has 7 nitrogen and oxygen atoms in total. The van der Waals surface area contributed by atoms with Gasteiger partial charge in [-0.15, -0.1) is 0 Å². The number of rotatable bonds is 5. The van der Waals surface area contributed by atoms with E-state index in [1.807, 2.05) is 6.07 Å². The Morgan fingerprint density at radius 1 is 1.10 bits per heavy atom. The molecule has 2 bridgehead atoms. The van der Waals surface area contributed by atoms with Crippen molar-refractivity contribution in [3.8, 4) is 11.5 Å². The Morgan fingerprint density at radius 3 is 2.52 bits per heavy atom. The van der Waals surface area contributed by atoms with Crippen LogP contribution in [0.3, 0.4) is 0 Å². The molecule has 1 saturated carbocycles. The summed E-state index contributed by atoms with van der Waals surface area (Å²) in [5.41, 5.74) is 2.44. The molecule has 2 atom stereocenters. The maximum Gasteiger partial charge on any atom is 0.266 e. The smallest absolute Gasteiger partial charge is 0.266 e. The monoisotopic (exact) mass is 423 g/mol. The Bertz CT molecular complexity index is 1060. The Morgan fingerprint density at radius 2 is 1.81 bits per heavy atom. The molecule has 6 rings (SSSR count). The van der Waals surface area contributed by atoms with E-state index in [1.54, 1.807) is 6.07 Å². The Kier molecular flexibility index (Phi) is 4.40. The number of ether oxygens (including phenoxy) is 2. The van der Waals surface area contributed by atoms with E-state index < -0.39 is 5.60 Å². The molecule has 1 aromatic heterocycles. The molecule has 0 radical (unpaired) electrons. The van der Waals surface area contributed by atoms with Crippen molar-refractivity contribution in [3.05, 3.63) is 51.4 Å². The maximum absolute atomic E-state index is 12.4. The van der Waals surface area contributed by atoms with Crippen LogP contribution in [0, 0.1) is 6.92 Å². The standard InChI is InChI=1S/C24H29N3O4/c1-15-8-21-22(31-14-30-21)9-17(15)12-26-18-4-5-19(26)11-24(29,10-18)13-27-23(28)7-6-20(25-27)16-2-3-16/h6-9,16,18-19,29H,2-5,10-14H2,1H3. The van der Waals surface area contributed by atoms with Crippen molar-refractivity contribution in [2.45, 2.75) is 82.1 Å². The second-order valence-electron chi connectivity index (χ2n) is 9.85. The average Bonchev–Trinajstić information content (AvgIpc) is 3.43. The van der Waals surface area contributed by atoms with Gasteiger partial charge in [0.25, 0.3) is 5.56 Å². The summed E-state index contributed by atoms with van der Waals surface area (Å²) >= 11 is 0. The fourth-order valence-corrected chi connectivity index (χ4v) is 5.71. The first-order chi connectivity index (χ1) is 15.0. The Balaban J connectivity index is 1.20. The lowest BCUT2D eigenvalue weighted by Crippen LogP contribution is -2.53. The SMILES string of the molecule is Cc1cc2c(cc1CN1C3CCC1CC(O)(Cn1nc(C4CC4)ccc1=O)C3)OCO2. The number of hydrogen-bond acceptors (Lipinski definition) is 6. The van der Waals surface area contributed by atoms with Gasteiger partial charge in [0.05, 0.1) is 17.8 Å². The molecule has 3 aliphatic heterocycles. The predicted octanol–water partition coefficient (Wildman–Crippen LogP) is 2.72. The lowest BCUT2D eigenvalue weighted by molar-refractivity contribution is -0.0678. The van der Waals surface area contributed by atoms with Crippen molar-refractivity contribution >= 4 is 0 Å². The third-order valence-electron chi connectivity index (χ3n) is 7.51. The third kappa shape index (κ3) is 3.53. The molecule has 0 spiro atoms. The first-order valence-electron chi connectivity index (χ1n) is 11.4. The topological polar surface area (TPSA) is 76.8 Å². The van der Waals surface area contributed by atoms with Gasteiger partial charge in [-0.3, -0.25) is 9.69 Å². The number of piperidine rings is 1. The molecule has 0 amide bonds. The van der Waals surface area contributed by atoms with E-state index >= 15 is 0 Å². The van der Waals surface area contributed by atoms with Crippen LogP contribution in [-0.2, 0) is 13.1 Å². The van der Waals surface area contributed by atoms with Gasteiger partial charge in [0.1, 0.15) is 0 Å². The van der Waals surface area contributed by atoms with Crippen LogP contribution in [0.4, 0.5) is 0 Å². The maximum atomic E-state index is 12.4. The molecule has 4 heterocycles. The highest BCUT2D eigenvalue weighted by molar-refractivity contribution is 5.48. The highest BCUT2D eigenvalue weighted by Crippen LogP contribution is 2.44. The molecule has 1 aliphatic carbocycles. The van der Waals surface area contributed by atoms with Gasteiger partial charge < -0.3 is 14.6 Å². The normalized spacial score (nSPS) is 29.5. The second kappa shape index (κ2) is 7.07. The van der Waals surface area contributed by atoms with Gasteiger partial charge in [-0.1, -0.05) is 0 Å². The van der Waals surface area contributed by atoms with Crippen molar-refractivity contribution in [2.24, 2.45) is 0 Å². The van der Waals surface area contributed by atoms with E-state index in [0.717, 1.165) is 49.4 Å². The van der Waals surface area contributed by atoms with E-state index in [1.165, 1.54) is 15.8 Å². The number of aromatic nitrogens is 2. The zero-order valence-corrected chi connectivity index (χ0v) is 17.9. The molecule has 31 heavy (non-hydrogen) atoms. The third-order valence-corrected chi connectivity index (χ3v) is 7.51. The summed E-state index contributed by atoms with van der Waals surface area (Å²) in [4.78, 5) is 14.9. The van der Waals surface area contributed by atoms with Crippen molar-refractivity contribution < 1.29 is 14.6 Å². The van der Waals surface area contributed by atoms with Gasteiger partial charge in [-0.05, 0) is 74.8 Å². The Labute approximate surface area is 181 Å². The van der Waals surface area contributed by atoms with Crippen molar-refractivity contribution in [2.75, 3.05) is 6.79 Å². The minimum Gasteiger partial charge on any atom is -0.454 e. The first kappa shape index (κ1) is 19.3. The molecule has 4 aliphatic rings. The van der Waals surface area contributed by atoms with Crippen LogP contribution in [0.15, 0.2) is 29.1 Å². The molecule has 2 aromatic rings. The molecule has 2 saturated heterocycles. The fourth-order valence-electron chi connectivity index (χ4n) is 5.71. The molecule has 1 N–H and O–H groups in total. The first-order valence-corrected chi connectivity index (χ1v) is 11.4. The number of hydrogen-bond donors (Lipinski definition) is 1. The van der Waals surface area contributed by atoms with Gasteiger partial charge in [-0.2, -0.15) is 5.10 Å². The minimum absolute atomic E-state index is 0.122. The highest BCUT2D eigenvalue weighted by Gasteiger charge is 2.48. The summed E-state index contributed by atoms with van der Waals surface area (Å²) in [5.74, 6) is 2.13. The van der Waals surface area contributed by atoms with Gasteiger partial charge in [0.15, 0.2) is 11.5 Å². The summed E-state index contributed by atoms with van der Waals surface area (Å²) < 4.78 is 12.6. The zero-order valence-electron chi connectivity index (χ0n) is 17.9. The molecule has 1 aromatic carbocycles. The summed E-state index contributed by atoms with van der Waals surface area (Å²) in [5, 5.41) is 16.1. The number of aliphatic hydroxyl groups is 1. The van der Waals surface area contributed by atoms with Gasteiger partial charge in [-0.25, -0.2) is 4.68 Å². The molecule has 164 valence electrons. The van der Waals surface area contributed by atoms with Crippen LogP contribution in [-0.4, -0.2) is 44.3 Å². The van der Waals surface area contributed by atoms with E-state index in [9.17, 15) is 9.90 Å². The Hall–Kier alpha value is -2.38. The molecular formula is C24H29N3O4. The van der Waals surface area contributed by atoms with Crippen molar-refractivity contribution in [1.29, 1.82) is 0 Å². The summed E-state index contributed by atoms with van der Waals surface area (Å²) in [7, 11) is 0. The number of benzene rings is 1. The minimum atomic E-state index is -0.884. The summed E-state index contributed by atoms with van der Waals surface area (Å²) in [6, 6.07) is 8.25. The van der Waals surface area contributed by atoms with Crippen LogP contribution in [0.2, 0.25) is 0 Å². The average molecular weight is 424 g/mol. The molecule has 2 unspecified atom stereocenters. The van der Waals surface area contributed by atoms with Crippen LogP contribution in [0.1, 0.15) is 61.3 Å². The van der Waals surface area contributed by atoms with E-state index in [4.69, 9.17) is 9.47 Å². The molecule has 3 fully saturated rings. The highest BCUT2D eigenvalue weighted by atomic mass is 16.7. The number of nitrogens with zero attached hydrogens (tertiary/aromatic N) is 3. The van der Waals surface area contributed by atoms with Crippen LogP contribution in [0.25, 0.3) is 0 Å². The van der Waals surface area contributed by atoms with Crippen LogP contribution >= 0.6 is 0 Å². The lowest BCUT2D eigenvalue weighted by atomic mass is 9.85. The van der Waals surface area contributed by atoms with Crippen LogP contribution in [0.5, 0.6) is 11.5 Å². The molecular weight excluding hydrogens is 394 g/mol. The predicted molar refractivity (Wildman–Crippen MR) is 114 cm³/mol. The van der Waals surface area contributed by atoms with E-state index in [-0.39, 0.29) is 18.9 Å². The quantitative estimate of drug-likeness (QED) is 0.797. The lowest BCUT2D eigenvalue weighted by Gasteiger charge is -2.44. The number of aryl methyl sites for hydroxylation is 1. The molecule has 7 heteroatoms. The van der Waals surface area contributed by atoms with Crippen molar-refractivity contribution in [3.63, 3.8) is 0 Å². The van der Waals surface area contributed by atoms with Gasteiger partial charge in [0.2, 0.25) is 6.79 Å². The van der Waals surface area contributed by atoms with E-state index in [0.29, 0.717) is 30.8 Å². The fraction of sp³-hybridized carbons (Fsp3) is 0.583. The van der Waals surface area contributed by atoms with E-state index in [2.05, 4.69) is 29.1 Å². The number of fused-ring (bicyclic) bond motifs is 3. The zero-order chi connectivity index (χ0) is 21.2. The summed E-state index contributed by atoms with van der Waals surface area (Å²) in [6.45, 7) is 3.54. The summed E-state index contributed by atoms with van der Waals surface area (Å²) in [6.07, 6.45) is 5.81.